The van der Waals surface area contributed by atoms with E-state index >= 15 is 0 Å². The van der Waals surface area contributed by atoms with Crippen molar-refractivity contribution >= 4 is 21.6 Å². The largest absolute Gasteiger partial charge is 0.379 e. The molecule has 1 atom stereocenters. The number of anilines is 1. The molecule has 1 N–H and O–H groups in total. The smallest absolute Gasteiger partial charge is 0.150 e. The van der Waals surface area contributed by atoms with Gasteiger partial charge in [0.05, 0.1) is 5.69 Å². The highest BCUT2D eigenvalue weighted by Crippen LogP contribution is 2.32. The highest BCUT2D eigenvalue weighted by Gasteiger charge is 2.21. The molecule has 0 bridgehead atoms. The molecule has 4 heteroatoms. The van der Waals surface area contributed by atoms with Crippen molar-refractivity contribution in [2.24, 2.45) is 5.92 Å². The first kappa shape index (κ1) is 13.8. The molecule has 0 heterocycles. The average Bonchev–Trinajstić information content (AvgIpc) is 2.34. The second-order valence-electron chi connectivity index (χ2n) is 5.08. The van der Waals surface area contributed by atoms with Crippen LogP contribution in [0.25, 0.3) is 0 Å². The zero-order valence-electron chi connectivity index (χ0n) is 10.5. The Morgan fingerprint density at radius 2 is 1.89 bits per heavy atom. The summed E-state index contributed by atoms with van der Waals surface area (Å²) >= 11 is 3.21. The summed E-state index contributed by atoms with van der Waals surface area (Å²) in [6.45, 7) is 2.07. The number of halogens is 3. The lowest BCUT2D eigenvalue weighted by molar-refractivity contribution is 0.328. The standard InChI is InChI=1S/C14H18BrF2N/c1-9(10-5-3-2-4-6-10)18-14-12(15)7-11(16)8-13(14)17/h7-10,18H,2-6H2,1H3. The SMILES string of the molecule is CC(Nc1c(F)cc(F)cc1Br)C1CCCCC1. The minimum atomic E-state index is -0.560. The first-order valence-corrected chi connectivity index (χ1v) is 7.28. The van der Waals surface area contributed by atoms with E-state index in [0.29, 0.717) is 16.1 Å². The number of hydrogen-bond donors (Lipinski definition) is 1. The third-order valence-corrected chi connectivity index (χ3v) is 4.36. The number of hydrogen-bond acceptors (Lipinski definition) is 1. The predicted molar refractivity (Wildman–Crippen MR) is 73.7 cm³/mol. The van der Waals surface area contributed by atoms with Gasteiger partial charge in [0.2, 0.25) is 0 Å². The molecule has 0 saturated heterocycles. The summed E-state index contributed by atoms with van der Waals surface area (Å²) in [6.07, 6.45) is 6.19. The number of benzene rings is 1. The zero-order chi connectivity index (χ0) is 13.1. The van der Waals surface area contributed by atoms with Crippen LogP contribution in [0.1, 0.15) is 39.0 Å². The van der Waals surface area contributed by atoms with Gasteiger partial charge in [-0.15, -0.1) is 0 Å². The third kappa shape index (κ3) is 3.22. The van der Waals surface area contributed by atoms with Gasteiger partial charge in [-0.1, -0.05) is 19.3 Å². The Kier molecular flexibility index (Phi) is 4.60. The van der Waals surface area contributed by atoms with E-state index in [9.17, 15) is 8.78 Å². The molecule has 1 nitrogen and oxygen atoms in total. The van der Waals surface area contributed by atoms with Gasteiger partial charge in [-0.3, -0.25) is 0 Å². The molecule has 0 aliphatic heterocycles. The topological polar surface area (TPSA) is 12.0 Å². The van der Waals surface area contributed by atoms with Gasteiger partial charge >= 0.3 is 0 Å². The van der Waals surface area contributed by atoms with Gasteiger partial charge in [0, 0.05) is 16.6 Å². The van der Waals surface area contributed by atoms with E-state index in [2.05, 4.69) is 28.2 Å². The fraction of sp³-hybridized carbons (Fsp3) is 0.571. The highest BCUT2D eigenvalue weighted by molar-refractivity contribution is 9.10. The Hall–Kier alpha value is -0.640. The summed E-state index contributed by atoms with van der Waals surface area (Å²) < 4.78 is 27.2. The van der Waals surface area contributed by atoms with E-state index < -0.39 is 11.6 Å². The molecule has 1 aliphatic rings. The minimum Gasteiger partial charge on any atom is -0.379 e. The molecule has 1 saturated carbocycles. The van der Waals surface area contributed by atoms with Crippen molar-refractivity contribution in [3.8, 4) is 0 Å². The quantitative estimate of drug-likeness (QED) is 0.817. The maximum Gasteiger partial charge on any atom is 0.150 e. The van der Waals surface area contributed by atoms with Gasteiger partial charge < -0.3 is 5.32 Å². The van der Waals surface area contributed by atoms with Crippen LogP contribution in [-0.2, 0) is 0 Å². The molecule has 1 unspecified atom stereocenters. The van der Waals surface area contributed by atoms with E-state index in [-0.39, 0.29) is 6.04 Å². The lowest BCUT2D eigenvalue weighted by Crippen LogP contribution is -2.28. The molecule has 0 spiro atoms. The Morgan fingerprint density at radius 1 is 1.22 bits per heavy atom. The fourth-order valence-electron chi connectivity index (χ4n) is 2.66. The van der Waals surface area contributed by atoms with Crippen molar-refractivity contribution in [3.63, 3.8) is 0 Å². The van der Waals surface area contributed by atoms with Crippen LogP contribution in [0.3, 0.4) is 0 Å². The van der Waals surface area contributed by atoms with Gasteiger partial charge in [0.15, 0.2) is 0 Å². The van der Waals surface area contributed by atoms with Crippen LogP contribution >= 0.6 is 15.9 Å². The minimum absolute atomic E-state index is 0.210. The molecule has 1 aromatic rings. The van der Waals surface area contributed by atoms with Crippen molar-refractivity contribution in [3.05, 3.63) is 28.2 Å². The summed E-state index contributed by atoms with van der Waals surface area (Å²) in [5, 5.41) is 3.19. The molecular weight excluding hydrogens is 300 g/mol. The first-order valence-electron chi connectivity index (χ1n) is 6.49. The highest BCUT2D eigenvalue weighted by atomic mass is 79.9. The molecule has 2 rings (SSSR count). The fourth-order valence-corrected chi connectivity index (χ4v) is 3.18. The number of nitrogens with one attached hydrogen (secondary N) is 1. The zero-order valence-corrected chi connectivity index (χ0v) is 12.1. The summed E-state index contributed by atoms with van der Waals surface area (Å²) in [4.78, 5) is 0. The normalized spacial score (nSPS) is 18.7. The summed E-state index contributed by atoms with van der Waals surface area (Å²) in [5.74, 6) is -0.519. The summed E-state index contributed by atoms with van der Waals surface area (Å²) in [7, 11) is 0. The van der Waals surface area contributed by atoms with Crippen molar-refractivity contribution < 1.29 is 8.78 Å². The van der Waals surface area contributed by atoms with Gasteiger partial charge in [-0.25, -0.2) is 8.78 Å². The van der Waals surface area contributed by atoms with Crippen LogP contribution < -0.4 is 5.32 Å². The maximum absolute atomic E-state index is 13.7. The van der Waals surface area contributed by atoms with Gasteiger partial charge in [-0.05, 0) is 47.7 Å². The molecule has 100 valence electrons. The van der Waals surface area contributed by atoms with Crippen LogP contribution in [0.4, 0.5) is 14.5 Å². The summed E-state index contributed by atoms with van der Waals surface area (Å²) in [5.41, 5.74) is 0.370. The molecule has 0 aromatic heterocycles. The van der Waals surface area contributed by atoms with Crippen LogP contribution in [-0.4, -0.2) is 6.04 Å². The van der Waals surface area contributed by atoms with Gasteiger partial charge in [0.1, 0.15) is 11.6 Å². The molecule has 1 aromatic carbocycles. The van der Waals surface area contributed by atoms with Gasteiger partial charge in [0.25, 0.3) is 0 Å². The van der Waals surface area contributed by atoms with Crippen molar-refractivity contribution in [2.45, 2.75) is 45.1 Å². The second kappa shape index (κ2) is 6.00. The van der Waals surface area contributed by atoms with Crippen LogP contribution in [0, 0.1) is 17.6 Å². The van der Waals surface area contributed by atoms with Crippen molar-refractivity contribution in [1.29, 1.82) is 0 Å². The Bertz CT molecular complexity index is 393. The Balaban J connectivity index is 2.08. The van der Waals surface area contributed by atoms with Gasteiger partial charge in [-0.2, -0.15) is 0 Å². The van der Waals surface area contributed by atoms with E-state index in [1.807, 2.05) is 0 Å². The maximum atomic E-state index is 13.7. The van der Waals surface area contributed by atoms with Crippen molar-refractivity contribution in [1.82, 2.24) is 0 Å². The molecule has 18 heavy (non-hydrogen) atoms. The van der Waals surface area contributed by atoms with E-state index in [1.54, 1.807) is 0 Å². The van der Waals surface area contributed by atoms with E-state index in [0.717, 1.165) is 6.07 Å². The van der Waals surface area contributed by atoms with Crippen LogP contribution in [0.5, 0.6) is 0 Å². The monoisotopic (exact) mass is 317 g/mol. The molecule has 1 aliphatic carbocycles. The summed E-state index contributed by atoms with van der Waals surface area (Å²) in [6, 6.07) is 2.42. The second-order valence-corrected chi connectivity index (χ2v) is 5.93. The molecular formula is C14H18BrF2N. The predicted octanol–water partition coefficient (Wildman–Crippen LogP) is 5.11. The lowest BCUT2D eigenvalue weighted by atomic mass is 9.84. The molecule has 0 amide bonds. The first-order chi connectivity index (χ1) is 8.58. The van der Waals surface area contributed by atoms with E-state index in [1.165, 1.54) is 38.2 Å². The van der Waals surface area contributed by atoms with Crippen LogP contribution in [0.15, 0.2) is 16.6 Å². The van der Waals surface area contributed by atoms with Crippen LogP contribution in [0.2, 0.25) is 0 Å². The molecule has 0 radical (unpaired) electrons. The Morgan fingerprint density at radius 3 is 2.50 bits per heavy atom. The average molecular weight is 318 g/mol. The molecule has 1 fully saturated rings. The number of rotatable bonds is 3. The van der Waals surface area contributed by atoms with Crippen molar-refractivity contribution in [2.75, 3.05) is 5.32 Å². The van der Waals surface area contributed by atoms with E-state index in [4.69, 9.17) is 0 Å². The third-order valence-electron chi connectivity index (χ3n) is 3.74. The lowest BCUT2D eigenvalue weighted by Gasteiger charge is -2.29. The Labute approximate surface area is 115 Å².